The molecule has 0 fully saturated rings. The molecule has 0 atom stereocenters. The van der Waals surface area contributed by atoms with Gasteiger partial charge >= 0.3 is 17.9 Å². The van der Waals surface area contributed by atoms with Crippen molar-refractivity contribution in [3.63, 3.8) is 0 Å². The molecule has 0 bridgehead atoms. The molecule has 6 aromatic rings. The molecule has 382 valence electrons. The van der Waals surface area contributed by atoms with Crippen LogP contribution in [0.1, 0.15) is 33.6 Å². The number of aliphatic hydroxyl groups excluding tert-OH is 2. The maximum absolute atomic E-state index is 15.0. The van der Waals surface area contributed by atoms with Gasteiger partial charge in [-0.25, -0.2) is 23.2 Å². The smallest absolute Gasteiger partial charge is 0.338 e. The van der Waals surface area contributed by atoms with E-state index in [1.807, 2.05) is 36.4 Å². The van der Waals surface area contributed by atoms with Gasteiger partial charge in [0, 0.05) is 36.2 Å². The lowest BCUT2D eigenvalue weighted by molar-refractivity contribution is -0.140. The maximum Gasteiger partial charge on any atom is 0.338 e. The second kappa shape index (κ2) is 27.9. The Morgan fingerprint density at radius 1 is 0.425 bits per heavy atom. The van der Waals surface area contributed by atoms with Gasteiger partial charge in [-0.3, -0.25) is 0 Å². The summed E-state index contributed by atoms with van der Waals surface area (Å²) < 4.78 is 66.8. The van der Waals surface area contributed by atoms with Crippen LogP contribution >= 0.6 is 0 Å². The quantitative estimate of drug-likeness (QED) is 0.0226. The number of hydrogen-bond donors (Lipinski definition) is 3. The highest BCUT2D eigenvalue weighted by Gasteiger charge is 2.15. The molecule has 0 aromatic heterocycles. The van der Waals surface area contributed by atoms with Gasteiger partial charge in [-0.1, -0.05) is 56.1 Å². The number of aromatic hydroxyl groups is 1. The molecule has 0 aliphatic heterocycles. The van der Waals surface area contributed by atoms with E-state index in [-0.39, 0.29) is 81.4 Å². The van der Waals surface area contributed by atoms with Gasteiger partial charge in [0.2, 0.25) is 0 Å². The zero-order chi connectivity index (χ0) is 52.9. The fourth-order valence-electron chi connectivity index (χ4n) is 6.57. The lowest BCUT2D eigenvalue weighted by Crippen LogP contribution is -2.12. The standard InChI is InChI=1S/C35H35FO8.C23H23FO5/c1-22(2)33(37)42-15-7-14-41-32-13-10-26(21-31(32)36)28-18-27(19-30(20-28)44-35(39)24(5)6)25-8-11-29(12-9-25)40-16-17-43-34(38)23(3)4;24-22-15-17(4-7-23(22)29-10-1-8-25)19-12-18(13-20(27)14-19)16-2-5-21(6-3-16)28-11-9-26/h8-13,18-21H,1,3,5,7,14-17H2,2,4,6H3;2-7,12-15,25-27H,1,8-11H2. The number of benzene rings is 6. The summed E-state index contributed by atoms with van der Waals surface area (Å²) in [5.41, 5.74) is 6.39. The molecule has 0 saturated carbocycles. The summed E-state index contributed by atoms with van der Waals surface area (Å²) in [6.45, 7) is 16.3. The number of carbonyl (C=O) groups is 3. The molecule has 6 aromatic carbocycles. The number of halogens is 2. The Morgan fingerprint density at radius 3 is 1.32 bits per heavy atom. The molecule has 0 aliphatic carbocycles. The average Bonchev–Trinajstić information content (AvgIpc) is 3.37. The van der Waals surface area contributed by atoms with Crippen molar-refractivity contribution in [1.29, 1.82) is 0 Å². The first-order valence-corrected chi connectivity index (χ1v) is 23.1. The number of esters is 3. The van der Waals surface area contributed by atoms with Crippen LogP contribution < -0.4 is 23.7 Å². The summed E-state index contributed by atoms with van der Waals surface area (Å²) in [4.78, 5) is 35.2. The van der Waals surface area contributed by atoms with Gasteiger partial charge in [-0.05, 0) is 150 Å². The fraction of sp³-hybridized carbons (Fsp3) is 0.224. The summed E-state index contributed by atoms with van der Waals surface area (Å²) in [7, 11) is 0. The highest BCUT2D eigenvalue weighted by molar-refractivity contribution is 5.90. The van der Waals surface area contributed by atoms with Crippen molar-refractivity contribution < 1.29 is 71.6 Å². The lowest BCUT2D eigenvalue weighted by Gasteiger charge is -2.13. The van der Waals surface area contributed by atoms with Crippen LogP contribution in [0.15, 0.2) is 158 Å². The monoisotopic (exact) mass is 1000 g/mol. The number of aliphatic hydroxyl groups is 2. The third kappa shape index (κ3) is 17.5. The second-order valence-electron chi connectivity index (χ2n) is 16.4. The van der Waals surface area contributed by atoms with Gasteiger partial charge in [0.1, 0.15) is 42.8 Å². The molecule has 15 heteroatoms. The molecule has 3 N–H and O–H groups in total. The molecule has 0 saturated heterocycles. The molecule has 6 rings (SSSR count). The number of carbonyl (C=O) groups excluding carboxylic acids is 3. The van der Waals surface area contributed by atoms with Crippen LogP contribution in [0.4, 0.5) is 8.78 Å². The normalized spacial score (nSPS) is 10.5. The minimum absolute atomic E-state index is 0.0136. The Bertz CT molecular complexity index is 2880. The highest BCUT2D eigenvalue weighted by Crippen LogP contribution is 2.36. The maximum atomic E-state index is 15.0. The Kier molecular flexibility index (Phi) is 21.3. The Balaban J connectivity index is 0.000000294. The minimum Gasteiger partial charge on any atom is -0.508 e. The molecular weight excluding hydrogens is 943 g/mol. The first-order valence-electron chi connectivity index (χ1n) is 23.1. The first kappa shape index (κ1) is 55.7. The van der Waals surface area contributed by atoms with Crippen molar-refractivity contribution >= 4 is 17.9 Å². The Morgan fingerprint density at radius 2 is 0.849 bits per heavy atom. The highest BCUT2D eigenvalue weighted by atomic mass is 19.1. The van der Waals surface area contributed by atoms with E-state index in [1.165, 1.54) is 18.2 Å². The van der Waals surface area contributed by atoms with E-state index in [4.69, 9.17) is 43.4 Å². The number of phenolic OH excluding ortho intramolecular Hbond substituents is 1. The molecule has 0 radical (unpaired) electrons. The van der Waals surface area contributed by atoms with Crippen LogP contribution in [-0.2, 0) is 23.9 Å². The molecule has 0 amide bonds. The zero-order valence-corrected chi connectivity index (χ0v) is 40.9. The van der Waals surface area contributed by atoms with Gasteiger partial charge in [0.15, 0.2) is 23.1 Å². The number of hydrogen-bond acceptors (Lipinski definition) is 13. The van der Waals surface area contributed by atoms with Crippen LogP contribution in [0.3, 0.4) is 0 Å². The van der Waals surface area contributed by atoms with E-state index < -0.39 is 29.5 Å². The van der Waals surface area contributed by atoms with Crippen LogP contribution in [0.25, 0.3) is 44.5 Å². The van der Waals surface area contributed by atoms with Crippen molar-refractivity contribution in [2.75, 3.05) is 52.9 Å². The van der Waals surface area contributed by atoms with Crippen LogP contribution in [-0.4, -0.2) is 86.1 Å². The zero-order valence-electron chi connectivity index (χ0n) is 40.9. The molecule has 0 unspecified atom stereocenters. The van der Waals surface area contributed by atoms with E-state index in [1.54, 1.807) is 87.5 Å². The second-order valence-corrected chi connectivity index (χ2v) is 16.4. The summed E-state index contributed by atoms with van der Waals surface area (Å²) in [6.07, 6.45) is 0.812. The van der Waals surface area contributed by atoms with E-state index in [0.29, 0.717) is 63.3 Å². The largest absolute Gasteiger partial charge is 0.508 e. The third-order valence-electron chi connectivity index (χ3n) is 10.3. The van der Waals surface area contributed by atoms with Crippen LogP contribution in [0.5, 0.6) is 34.5 Å². The SMILES string of the molecule is C=C(C)C(=O)OCCCOc1ccc(-c2cc(OC(=O)C(=C)C)cc(-c3ccc(OCCOC(=O)C(=C)C)cc3)c2)cc1F.OCCCOc1ccc(-c2cc(O)cc(-c3ccc(OCCO)cc3)c2)cc1F. The van der Waals surface area contributed by atoms with Gasteiger partial charge in [0.05, 0.1) is 26.4 Å². The van der Waals surface area contributed by atoms with Crippen molar-refractivity contribution in [2.45, 2.75) is 33.6 Å². The predicted molar refractivity (Wildman–Crippen MR) is 274 cm³/mol. The van der Waals surface area contributed by atoms with E-state index in [0.717, 1.165) is 16.7 Å². The molecular formula is C58H58F2O13. The average molecular weight is 1000 g/mol. The Labute approximate surface area is 423 Å². The van der Waals surface area contributed by atoms with Gasteiger partial charge in [-0.2, -0.15) is 0 Å². The van der Waals surface area contributed by atoms with Gasteiger partial charge in [-0.15, -0.1) is 0 Å². The number of ether oxygens (including phenoxy) is 7. The molecule has 73 heavy (non-hydrogen) atoms. The summed E-state index contributed by atoms with van der Waals surface area (Å²) in [5, 5.41) is 27.8. The molecule has 0 heterocycles. The summed E-state index contributed by atoms with van der Waals surface area (Å²) in [6, 6.07) is 33.8. The summed E-state index contributed by atoms with van der Waals surface area (Å²) in [5.74, 6) is -0.925. The number of phenols is 1. The van der Waals surface area contributed by atoms with E-state index in [2.05, 4.69) is 19.7 Å². The van der Waals surface area contributed by atoms with E-state index in [9.17, 15) is 23.9 Å². The molecule has 13 nitrogen and oxygen atoms in total. The van der Waals surface area contributed by atoms with Gasteiger partial charge < -0.3 is 48.5 Å². The number of rotatable bonds is 24. The van der Waals surface area contributed by atoms with Gasteiger partial charge in [0.25, 0.3) is 0 Å². The summed E-state index contributed by atoms with van der Waals surface area (Å²) >= 11 is 0. The van der Waals surface area contributed by atoms with Crippen molar-refractivity contribution in [3.05, 3.63) is 169 Å². The van der Waals surface area contributed by atoms with Crippen molar-refractivity contribution in [3.8, 4) is 79.0 Å². The fourth-order valence-corrected chi connectivity index (χ4v) is 6.57. The predicted octanol–water partition coefficient (Wildman–Crippen LogP) is 11.0. The topological polar surface area (TPSA) is 177 Å². The molecule has 0 aliphatic rings. The third-order valence-corrected chi connectivity index (χ3v) is 10.3. The van der Waals surface area contributed by atoms with Crippen molar-refractivity contribution in [1.82, 2.24) is 0 Å². The van der Waals surface area contributed by atoms with Crippen LogP contribution in [0.2, 0.25) is 0 Å². The minimum atomic E-state index is -0.590. The van der Waals surface area contributed by atoms with Crippen molar-refractivity contribution in [2.24, 2.45) is 0 Å². The van der Waals surface area contributed by atoms with Crippen LogP contribution in [0, 0.1) is 11.6 Å². The Hall–Kier alpha value is -8.27. The first-order chi connectivity index (χ1) is 35.0. The van der Waals surface area contributed by atoms with E-state index >= 15 is 4.39 Å². The molecule has 0 spiro atoms. The lowest BCUT2D eigenvalue weighted by atomic mass is 9.98.